The Balaban J connectivity index is 2.20. The second-order valence-electron chi connectivity index (χ2n) is 4.17. The van der Waals surface area contributed by atoms with Crippen LogP contribution in [0.5, 0.6) is 0 Å². The first-order chi connectivity index (χ1) is 7.58. The summed E-state index contributed by atoms with van der Waals surface area (Å²) >= 11 is 0. The first kappa shape index (κ1) is 11.6. The normalized spacial score (nSPS) is 20.1. The smallest absolute Gasteiger partial charge is 0.258 e. The number of imidazole rings is 1. The molecule has 1 fully saturated rings. The summed E-state index contributed by atoms with van der Waals surface area (Å²) in [6.45, 7) is -0.166. The summed E-state index contributed by atoms with van der Waals surface area (Å²) in [4.78, 5) is 6.22. The summed E-state index contributed by atoms with van der Waals surface area (Å²) in [5, 5.41) is 9.36. The van der Waals surface area contributed by atoms with Crippen LogP contribution in [0, 0.1) is 0 Å². The molecule has 16 heavy (non-hydrogen) atoms. The third-order valence-corrected chi connectivity index (χ3v) is 4.48. The number of aromatic nitrogens is 2. The third-order valence-electron chi connectivity index (χ3n) is 2.98. The number of aliphatic hydroxyl groups excluding tert-OH is 1. The molecule has 90 valence electrons. The molecule has 7 heteroatoms. The number of aromatic amines is 1. The van der Waals surface area contributed by atoms with Gasteiger partial charge in [0.2, 0.25) is 0 Å². The van der Waals surface area contributed by atoms with Crippen molar-refractivity contribution < 1.29 is 13.5 Å². The van der Waals surface area contributed by atoms with Crippen molar-refractivity contribution in [3.63, 3.8) is 0 Å². The molecule has 0 radical (unpaired) electrons. The van der Waals surface area contributed by atoms with Gasteiger partial charge in [0.25, 0.3) is 10.0 Å². The van der Waals surface area contributed by atoms with E-state index in [4.69, 9.17) is 0 Å². The van der Waals surface area contributed by atoms with Crippen molar-refractivity contribution in [1.82, 2.24) is 14.7 Å². The van der Waals surface area contributed by atoms with E-state index in [-0.39, 0.29) is 11.6 Å². The number of nitrogens with one attached hydrogen (secondary N) is 2. The monoisotopic (exact) mass is 245 g/mol. The zero-order valence-corrected chi connectivity index (χ0v) is 9.63. The van der Waals surface area contributed by atoms with Gasteiger partial charge in [0, 0.05) is 0 Å². The van der Waals surface area contributed by atoms with Crippen LogP contribution in [0.2, 0.25) is 0 Å². The highest BCUT2D eigenvalue weighted by Gasteiger charge is 2.37. The number of hydrogen-bond acceptors (Lipinski definition) is 4. The summed E-state index contributed by atoms with van der Waals surface area (Å²) in [7, 11) is -3.60. The molecule has 1 saturated carbocycles. The van der Waals surface area contributed by atoms with Crippen LogP contribution in [0.4, 0.5) is 0 Å². The second-order valence-corrected chi connectivity index (χ2v) is 5.82. The molecule has 0 aliphatic heterocycles. The van der Waals surface area contributed by atoms with Gasteiger partial charge in [-0.1, -0.05) is 12.8 Å². The molecule has 1 heterocycles. The molecule has 0 unspecified atom stereocenters. The fraction of sp³-hybridized carbons (Fsp3) is 0.667. The minimum atomic E-state index is -3.60. The van der Waals surface area contributed by atoms with Gasteiger partial charge in [0.1, 0.15) is 0 Å². The SMILES string of the molecule is O=S(=O)(NC1(CO)CCCC1)c1cnc[nH]1. The summed E-state index contributed by atoms with van der Waals surface area (Å²) < 4.78 is 26.4. The maximum absolute atomic E-state index is 11.9. The van der Waals surface area contributed by atoms with E-state index >= 15 is 0 Å². The van der Waals surface area contributed by atoms with Gasteiger partial charge in [0.05, 0.1) is 24.7 Å². The molecule has 1 aromatic rings. The molecular weight excluding hydrogens is 230 g/mol. The number of nitrogens with zero attached hydrogens (tertiary/aromatic N) is 1. The van der Waals surface area contributed by atoms with Gasteiger partial charge in [-0.2, -0.15) is 0 Å². The molecule has 6 nitrogen and oxygen atoms in total. The maximum atomic E-state index is 11.9. The fourth-order valence-corrected chi connectivity index (χ4v) is 3.43. The summed E-state index contributed by atoms with van der Waals surface area (Å²) in [5.74, 6) is 0. The first-order valence-electron chi connectivity index (χ1n) is 5.21. The zero-order valence-electron chi connectivity index (χ0n) is 8.81. The molecule has 3 N–H and O–H groups in total. The molecule has 1 aliphatic rings. The molecular formula is C9H15N3O3S. The topological polar surface area (TPSA) is 95.1 Å². The van der Waals surface area contributed by atoms with Gasteiger partial charge >= 0.3 is 0 Å². The Kier molecular flexibility index (Phi) is 3.00. The van der Waals surface area contributed by atoms with Crippen LogP contribution in [-0.4, -0.2) is 35.6 Å². The molecule has 2 rings (SSSR count). The Morgan fingerprint density at radius 3 is 2.69 bits per heavy atom. The van der Waals surface area contributed by atoms with Gasteiger partial charge in [-0.3, -0.25) is 0 Å². The highest BCUT2D eigenvalue weighted by atomic mass is 32.2. The quantitative estimate of drug-likeness (QED) is 0.695. The van der Waals surface area contributed by atoms with Crippen molar-refractivity contribution in [2.24, 2.45) is 0 Å². The maximum Gasteiger partial charge on any atom is 0.258 e. The average molecular weight is 245 g/mol. The predicted octanol–water partition coefficient (Wildman–Crippen LogP) is -0.00690. The average Bonchev–Trinajstić information content (AvgIpc) is 2.87. The van der Waals surface area contributed by atoms with E-state index in [1.807, 2.05) is 0 Å². The van der Waals surface area contributed by atoms with Gasteiger partial charge in [-0.15, -0.1) is 0 Å². The van der Waals surface area contributed by atoms with Crippen LogP contribution in [-0.2, 0) is 10.0 Å². The molecule has 0 aromatic carbocycles. The van der Waals surface area contributed by atoms with Gasteiger partial charge in [-0.25, -0.2) is 18.1 Å². The number of sulfonamides is 1. The number of H-pyrrole nitrogens is 1. The molecule has 0 saturated heterocycles. The third kappa shape index (κ3) is 2.11. The van der Waals surface area contributed by atoms with Gasteiger partial charge < -0.3 is 10.1 Å². The van der Waals surface area contributed by atoms with Crippen molar-refractivity contribution in [3.8, 4) is 0 Å². The Labute approximate surface area is 94.1 Å². The minimum absolute atomic E-state index is 0.0345. The molecule has 0 amide bonds. The summed E-state index contributed by atoms with van der Waals surface area (Å²) in [6.07, 6.45) is 5.79. The Morgan fingerprint density at radius 1 is 1.50 bits per heavy atom. The molecule has 1 aliphatic carbocycles. The number of aliphatic hydroxyl groups is 1. The molecule has 1 aromatic heterocycles. The van der Waals surface area contributed by atoms with Crippen LogP contribution in [0.3, 0.4) is 0 Å². The van der Waals surface area contributed by atoms with Gasteiger partial charge in [-0.05, 0) is 12.8 Å². The highest BCUT2D eigenvalue weighted by Crippen LogP contribution is 2.30. The number of rotatable bonds is 4. The Morgan fingerprint density at radius 2 is 2.19 bits per heavy atom. The van der Waals surface area contributed by atoms with E-state index in [1.54, 1.807) is 0 Å². The largest absolute Gasteiger partial charge is 0.394 e. The van der Waals surface area contributed by atoms with E-state index < -0.39 is 15.6 Å². The molecule has 0 atom stereocenters. The lowest BCUT2D eigenvalue weighted by atomic mass is 10.0. The predicted molar refractivity (Wildman–Crippen MR) is 57.2 cm³/mol. The minimum Gasteiger partial charge on any atom is -0.394 e. The lowest BCUT2D eigenvalue weighted by molar-refractivity contribution is 0.185. The first-order valence-corrected chi connectivity index (χ1v) is 6.70. The Bertz CT molecular complexity index is 435. The highest BCUT2D eigenvalue weighted by molar-refractivity contribution is 7.89. The second kappa shape index (κ2) is 4.15. The van der Waals surface area contributed by atoms with Crippen molar-refractivity contribution in [2.45, 2.75) is 36.2 Å². The zero-order chi connectivity index (χ0) is 11.6. The van der Waals surface area contributed by atoms with Crippen LogP contribution < -0.4 is 4.72 Å². The van der Waals surface area contributed by atoms with Crippen LogP contribution in [0.1, 0.15) is 25.7 Å². The van der Waals surface area contributed by atoms with Crippen molar-refractivity contribution in [3.05, 3.63) is 12.5 Å². The Hall–Kier alpha value is -0.920. The van der Waals surface area contributed by atoms with E-state index in [0.717, 1.165) is 12.8 Å². The molecule has 0 bridgehead atoms. The van der Waals surface area contributed by atoms with Crippen LogP contribution in [0.25, 0.3) is 0 Å². The fourth-order valence-electron chi connectivity index (χ4n) is 2.07. The van der Waals surface area contributed by atoms with Crippen molar-refractivity contribution >= 4 is 10.0 Å². The number of hydrogen-bond donors (Lipinski definition) is 3. The van der Waals surface area contributed by atoms with Crippen molar-refractivity contribution in [2.75, 3.05) is 6.61 Å². The van der Waals surface area contributed by atoms with E-state index in [2.05, 4.69) is 14.7 Å². The summed E-state index contributed by atoms with van der Waals surface area (Å²) in [5.41, 5.74) is -0.691. The lowest BCUT2D eigenvalue weighted by Gasteiger charge is -2.26. The van der Waals surface area contributed by atoms with Crippen LogP contribution >= 0.6 is 0 Å². The van der Waals surface area contributed by atoms with E-state index in [9.17, 15) is 13.5 Å². The standard InChI is InChI=1S/C9H15N3O3S/c13-6-9(3-1-2-4-9)12-16(14,15)8-5-10-7-11-8/h5,7,12-13H,1-4,6H2,(H,10,11). The van der Waals surface area contributed by atoms with Crippen molar-refractivity contribution in [1.29, 1.82) is 0 Å². The van der Waals surface area contributed by atoms with E-state index in [1.165, 1.54) is 12.5 Å². The van der Waals surface area contributed by atoms with Crippen LogP contribution in [0.15, 0.2) is 17.6 Å². The summed E-state index contributed by atoms with van der Waals surface area (Å²) in [6, 6.07) is 0. The lowest BCUT2D eigenvalue weighted by Crippen LogP contribution is -2.49. The van der Waals surface area contributed by atoms with Gasteiger partial charge in [0.15, 0.2) is 5.03 Å². The van der Waals surface area contributed by atoms with E-state index in [0.29, 0.717) is 12.8 Å². The molecule has 0 spiro atoms.